The lowest BCUT2D eigenvalue weighted by molar-refractivity contribution is -0.123. The van der Waals surface area contributed by atoms with Gasteiger partial charge in [-0.2, -0.15) is 8.42 Å². The number of thioether (sulfide) groups is 1. The van der Waals surface area contributed by atoms with Gasteiger partial charge >= 0.3 is 10.1 Å². The predicted molar refractivity (Wildman–Crippen MR) is 146 cm³/mol. The van der Waals surface area contributed by atoms with Crippen LogP contribution in [0.25, 0.3) is 16.8 Å². The Morgan fingerprint density at radius 3 is 2.42 bits per heavy atom. The van der Waals surface area contributed by atoms with Crippen LogP contribution in [-0.4, -0.2) is 24.5 Å². The van der Waals surface area contributed by atoms with Crippen LogP contribution < -0.4 is 4.18 Å². The number of fused-ring (bicyclic) bond motifs is 1. The molecule has 0 radical (unpaired) electrons. The minimum atomic E-state index is -4.24. The molecule has 1 heterocycles. The van der Waals surface area contributed by atoms with E-state index in [2.05, 4.69) is 0 Å². The van der Waals surface area contributed by atoms with Gasteiger partial charge in [0.05, 0.1) is 11.4 Å². The summed E-state index contributed by atoms with van der Waals surface area (Å²) in [5.41, 5.74) is 0.714. The maximum absolute atomic E-state index is 13.4. The molecule has 1 aliphatic rings. The van der Waals surface area contributed by atoms with Gasteiger partial charge in [-0.15, -0.1) is 0 Å². The molecule has 0 atom stereocenters. The van der Waals surface area contributed by atoms with Crippen LogP contribution in [0.3, 0.4) is 0 Å². The number of carbonyl (C=O) groups is 2. The van der Waals surface area contributed by atoms with Crippen molar-refractivity contribution in [1.82, 2.24) is 4.90 Å². The van der Waals surface area contributed by atoms with E-state index in [-0.39, 0.29) is 27.1 Å². The standard InChI is InChI=1S/C27H16Cl2FNO5S2/c28-18-7-10-20(11-8-18)38(34,35)36-24-12-6-16-3-1-2-4-21(16)22(24)14-25-26(32)31(27(33)37-25)15-17-5-9-19(30)13-23(17)29/h1-14H,15H2/b25-14-. The van der Waals surface area contributed by atoms with Crippen molar-refractivity contribution in [2.75, 3.05) is 0 Å². The van der Waals surface area contributed by atoms with Crippen LogP contribution in [0.2, 0.25) is 10.0 Å². The Morgan fingerprint density at radius 1 is 0.947 bits per heavy atom. The van der Waals surface area contributed by atoms with Gasteiger partial charge in [0, 0.05) is 15.6 Å². The molecule has 2 amide bonds. The van der Waals surface area contributed by atoms with Gasteiger partial charge in [0.1, 0.15) is 10.7 Å². The second-order valence-electron chi connectivity index (χ2n) is 8.19. The average Bonchev–Trinajstić information content (AvgIpc) is 3.14. The molecule has 1 aliphatic heterocycles. The summed E-state index contributed by atoms with van der Waals surface area (Å²) in [6.07, 6.45) is 1.44. The number of imide groups is 1. The van der Waals surface area contributed by atoms with Crippen molar-refractivity contribution in [3.05, 3.63) is 111 Å². The van der Waals surface area contributed by atoms with Crippen LogP contribution >= 0.6 is 35.0 Å². The molecule has 4 aromatic rings. The molecular formula is C27H16Cl2FNO5S2. The fourth-order valence-corrected chi connectivity index (χ4v) is 5.97. The fraction of sp³-hybridized carbons (Fsp3) is 0.0370. The molecule has 0 aliphatic carbocycles. The van der Waals surface area contributed by atoms with E-state index in [1.807, 2.05) is 12.1 Å². The third-order valence-electron chi connectivity index (χ3n) is 5.73. The van der Waals surface area contributed by atoms with E-state index in [1.54, 1.807) is 18.2 Å². The van der Waals surface area contributed by atoms with Gasteiger partial charge in [-0.25, -0.2) is 4.39 Å². The van der Waals surface area contributed by atoms with Crippen molar-refractivity contribution in [1.29, 1.82) is 0 Å². The van der Waals surface area contributed by atoms with Crippen molar-refractivity contribution in [3.63, 3.8) is 0 Å². The van der Waals surface area contributed by atoms with E-state index >= 15 is 0 Å². The van der Waals surface area contributed by atoms with Crippen LogP contribution in [0.5, 0.6) is 5.75 Å². The van der Waals surface area contributed by atoms with E-state index in [0.717, 1.165) is 16.4 Å². The lowest BCUT2D eigenvalue weighted by Gasteiger charge is -2.14. The van der Waals surface area contributed by atoms with Crippen molar-refractivity contribution in [3.8, 4) is 5.75 Å². The molecule has 11 heteroatoms. The van der Waals surface area contributed by atoms with Crippen LogP contribution in [-0.2, 0) is 21.5 Å². The number of amides is 2. The van der Waals surface area contributed by atoms with Gasteiger partial charge in [-0.1, -0.05) is 59.6 Å². The molecule has 0 N–H and O–H groups in total. The molecule has 192 valence electrons. The highest BCUT2D eigenvalue weighted by atomic mass is 35.5. The number of carbonyl (C=O) groups excluding carboxylic acids is 2. The van der Waals surface area contributed by atoms with Crippen LogP contribution in [0, 0.1) is 5.82 Å². The van der Waals surface area contributed by atoms with Gasteiger partial charge in [0.2, 0.25) is 0 Å². The minimum absolute atomic E-state index is 0.0213. The van der Waals surface area contributed by atoms with Gasteiger partial charge in [0.15, 0.2) is 5.75 Å². The molecule has 38 heavy (non-hydrogen) atoms. The average molecular weight is 588 g/mol. The van der Waals surface area contributed by atoms with Crippen molar-refractivity contribution in [2.45, 2.75) is 11.4 Å². The van der Waals surface area contributed by atoms with E-state index in [9.17, 15) is 22.4 Å². The summed E-state index contributed by atoms with van der Waals surface area (Å²) in [6, 6.07) is 19.6. The summed E-state index contributed by atoms with van der Waals surface area (Å²) in [7, 11) is -4.24. The first kappa shape index (κ1) is 26.2. The third kappa shape index (κ3) is 5.28. The highest BCUT2D eigenvalue weighted by Crippen LogP contribution is 2.38. The molecule has 0 aromatic heterocycles. The molecule has 4 aromatic carbocycles. The van der Waals surface area contributed by atoms with Gasteiger partial charge < -0.3 is 4.18 Å². The molecule has 1 saturated heterocycles. The normalized spacial score (nSPS) is 15.0. The van der Waals surface area contributed by atoms with Gasteiger partial charge in [-0.3, -0.25) is 14.5 Å². The second kappa shape index (κ2) is 10.4. The zero-order chi connectivity index (χ0) is 27.0. The number of hydrogen-bond donors (Lipinski definition) is 0. The number of rotatable bonds is 6. The first-order valence-electron chi connectivity index (χ1n) is 11.0. The smallest absolute Gasteiger partial charge is 0.339 e. The highest BCUT2D eigenvalue weighted by Gasteiger charge is 2.36. The number of benzene rings is 4. The van der Waals surface area contributed by atoms with Crippen LogP contribution in [0.15, 0.2) is 88.7 Å². The third-order valence-corrected chi connectivity index (χ3v) is 8.48. The Balaban J connectivity index is 1.54. The Hall–Kier alpha value is -3.37. The molecule has 0 unspecified atom stereocenters. The summed E-state index contributed by atoms with van der Waals surface area (Å²) in [4.78, 5) is 26.9. The van der Waals surface area contributed by atoms with E-state index < -0.39 is 27.1 Å². The van der Waals surface area contributed by atoms with Crippen molar-refractivity contribution < 1.29 is 26.6 Å². The largest absolute Gasteiger partial charge is 0.378 e. The molecule has 0 saturated carbocycles. The van der Waals surface area contributed by atoms with Gasteiger partial charge in [0.25, 0.3) is 11.1 Å². The summed E-state index contributed by atoms with van der Waals surface area (Å²) < 4.78 is 44.9. The Labute approximate surface area is 231 Å². The first-order chi connectivity index (χ1) is 18.1. The number of halogens is 3. The lowest BCUT2D eigenvalue weighted by atomic mass is 10.0. The predicted octanol–water partition coefficient (Wildman–Crippen LogP) is 7.29. The van der Waals surface area contributed by atoms with Gasteiger partial charge in [-0.05, 0) is 76.6 Å². The summed E-state index contributed by atoms with van der Waals surface area (Å²) in [5, 5.41) is 1.30. The number of nitrogens with zero attached hydrogens (tertiary/aromatic N) is 1. The van der Waals surface area contributed by atoms with Crippen molar-refractivity contribution in [2.24, 2.45) is 0 Å². The van der Waals surface area contributed by atoms with E-state index in [1.165, 1.54) is 48.5 Å². The molecule has 6 nitrogen and oxygen atoms in total. The van der Waals surface area contributed by atoms with Crippen LogP contribution in [0.1, 0.15) is 11.1 Å². The van der Waals surface area contributed by atoms with Crippen molar-refractivity contribution >= 4 is 73.1 Å². The second-order valence-corrected chi connectivity index (χ2v) is 11.6. The molecule has 5 rings (SSSR count). The summed E-state index contributed by atoms with van der Waals surface area (Å²) >= 11 is 12.7. The first-order valence-corrected chi connectivity index (χ1v) is 14.0. The SMILES string of the molecule is O=C1S/C(=C\c2c(OS(=O)(=O)c3ccc(Cl)cc3)ccc3ccccc23)C(=O)N1Cc1ccc(F)cc1Cl. The highest BCUT2D eigenvalue weighted by molar-refractivity contribution is 8.18. The number of hydrogen-bond acceptors (Lipinski definition) is 6. The topological polar surface area (TPSA) is 80.8 Å². The quantitative estimate of drug-likeness (QED) is 0.174. The zero-order valence-corrected chi connectivity index (χ0v) is 22.4. The maximum atomic E-state index is 13.4. The fourth-order valence-electron chi connectivity index (χ4n) is 3.85. The minimum Gasteiger partial charge on any atom is -0.378 e. The summed E-state index contributed by atoms with van der Waals surface area (Å²) in [5.74, 6) is -1.16. The maximum Gasteiger partial charge on any atom is 0.339 e. The monoisotopic (exact) mass is 587 g/mol. The molecule has 1 fully saturated rings. The molecule has 0 spiro atoms. The zero-order valence-electron chi connectivity index (χ0n) is 19.2. The molecule has 0 bridgehead atoms. The summed E-state index contributed by atoms with van der Waals surface area (Å²) in [6.45, 7) is -0.148. The van der Waals surface area contributed by atoms with E-state index in [0.29, 0.717) is 33.3 Å². The molecular weight excluding hydrogens is 572 g/mol. The lowest BCUT2D eigenvalue weighted by Crippen LogP contribution is -2.27. The Bertz CT molecular complexity index is 1740. The van der Waals surface area contributed by atoms with E-state index in [4.69, 9.17) is 27.4 Å². The Morgan fingerprint density at radius 2 is 1.68 bits per heavy atom. The van der Waals surface area contributed by atoms with Crippen LogP contribution in [0.4, 0.5) is 9.18 Å². The Kier molecular flexibility index (Phi) is 7.19.